The lowest BCUT2D eigenvalue weighted by molar-refractivity contribution is -0.140. The summed E-state index contributed by atoms with van der Waals surface area (Å²) < 4.78 is 10.4. The second-order valence-corrected chi connectivity index (χ2v) is 5.22. The van der Waals surface area contributed by atoms with Crippen LogP contribution in [0, 0.1) is 0 Å². The number of carbonyl (C=O) groups is 2. The number of amides is 1. The molecular formula is C17H21NO4. The predicted octanol–water partition coefficient (Wildman–Crippen LogP) is 2.31. The summed E-state index contributed by atoms with van der Waals surface area (Å²) in [5.41, 5.74) is 0.878. The zero-order valence-electron chi connectivity index (χ0n) is 12.7. The van der Waals surface area contributed by atoms with Gasteiger partial charge in [0.05, 0.1) is 13.2 Å². The van der Waals surface area contributed by atoms with Crippen molar-refractivity contribution in [2.45, 2.75) is 31.8 Å². The van der Waals surface area contributed by atoms with Crippen molar-refractivity contribution >= 4 is 18.0 Å². The first-order valence-electron chi connectivity index (χ1n) is 7.47. The summed E-state index contributed by atoms with van der Waals surface area (Å²) in [6.45, 7) is -0.134. The van der Waals surface area contributed by atoms with Gasteiger partial charge in [-0.05, 0) is 49.5 Å². The van der Waals surface area contributed by atoms with Crippen LogP contribution in [0.25, 0.3) is 6.08 Å². The Morgan fingerprint density at radius 2 is 2.09 bits per heavy atom. The van der Waals surface area contributed by atoms with Crippen molar-refractivity contribution in [1.82, 2.24) is 5.32 Å². The highest BCUT2D eigenvalue weighted by molar-refractivity contribution is 5.93. The normalized spacial score (nSPS) is 15.0. The molecule has 1 N–H and O–H groups in total. The minimum atomic E-state index is -0.478. The standard InChI is InChI=1S/C17H21NO4/c1-21-17(20)12-18-16(19)10-9-13-5-4-8-15(11-13)22-14-6-2-3-7-14/h4-5,8-11,14H,2-3,6-7,12H2,1H3,(H,18,19). The topological polar surface area (TPSA) is 64.6 Å². The molecule has 118 valence electrons. The van der Waals surface area contributed by atoms with Gasteiger partial charge in [0.1, 0.15) is 12.3 Å². The van der Waals surface area contributed by atoms with Crippen molar-refractivity contribution in [3.05, 3.63) is 35.9 Å². The van der Waals surface area contributed by atoms with Gasteiger partial charge in [-0.25, -0.2) is 0 Å². The van der Waals surface area contributed by atoms with E-state index in [1.165, 1.54) is 26.0 Å². The van der Waals surface area contributed by atoms with E-state index < -0.39 is 5.97 Å². The first kappa shape index (κ1) is 16.1. The van der Waals surface area contributed by atoms with Crippen LogP contribution in [-0.4, -0.2) is 31.6 Å². The predicted molar refractivity (Wildman–Crippen MR) is 83.4 cm³/mol. The Morgan fingerprint density at radius 1 is 1.32 bits per heavy atom. The number of rotatable bonds is 6. The second kappa shape index (κ2) is 8.22. The average Bonchev–Trinajstić information content (AvgIpc) is 3.04. The van der Waals surface area contributed by atoms with Gasteiger partial charge in [-0.3, -0.25) is 9.59 Å². The number of nitrogens with one attached hydrogen (secondary N) is 1. The van der Waals surface area contributed by atoms with Crippen molar-refractivity contribution < 1.29 is 19.1 Å². The molecule has 1 fully saturated rings. The maximum Gasteiger partial charge on any atom is 0.325 e. The lowest BCUT2D eigenvalue weighted by atomic mass is 10.2. The Morgan fingerprint density at radius 3 is 2.82 bits per heavy atom. The van der Waals surface area contributed by atoms with Gasteiger partial charge in [-0.1, -0.05) is 12.1 Å². The number of carbonyl (C=O) groups excluding carboxylic acids is 2. The molecule has 1 saturated carbocycles. The highest BCUT2D eigenvalue weighted by Gasteiger charge is 2.16. The Hall–Kier alpha value is -2.30. The third-order valence-electron chi connectivity index (χ3n) is 3.52. The van der Waals surface area contributed by atoms with E-state index in [1.54, 1.807) is 6.08 Å². The molecule has 0 aromatic heterocycles. The van der Waals surface area contributed by atoms with E-state index in [0.717, 1.165) is 24.2 Å². The molecule has 0 unspecified atom stereocenters. The summed E-state index contributed by atoms with van der Waals surface area (Å²) in [6.07, 6.45) is 8.05. The summed E-state index contributed by atoms with van der Waals surface area (Å²) >= 11 is 0. The van der Waals surface area contributed by atoms with Gasteiger partial charge < -0.3 is 14.8 Å². The molecule has 1 aromatic carbocycles. The quantitative estimate of drug-likeness (QED) is 0.647. The molecule has 0 radical (unpaired) electrons. The third kappa shape index (κ3) is 5.24. The number of hydrogen-bond acceptors (Lipinski definition) is 4. The smallest absolute Gasteiger partial charge is 0.325 e. The SMILES string of the molecule is COC(=O)CNC(=O)C=Cc1cccc(OC2CCCC2)c1. The van der Waals surface area contributed by atoms with Crippen LogP contribution >= 0.6 is 0 Å². The van der Waals surface area contributed by atoms with Crippen LogP contribution in [0.3, 0.4) is 0 Å². The molecule has 5 heteroatoms. The summed E-state index contributed by atoms with van der Waals surface area (Å²) in [6, 6.07) is 7.62. The Kier molecular flexibility index (Phi) is 6.01. The molecule has 0 saturated heterocycles. The summed E-state index contributed by atoms with van der Waals surface area (Å²) in [4.78, 5) is 22.5. The van der Waals surface area contributed by atoms with Gasteiger partial charge in [-0.15, -0.1) is 0 Å². The lowest BCUT2D eigenvalue weighted by Gasteiger charge is -2.13. The number of esters is 1. The fourth-order valence-electron chi connectivity index (χ4n) is 2.35. The molecule has 1 aromatic rings. The van der Waals surface area contributed by atoms with Crippen molar-refractivity contribution in [1.29, 1.82) is 0 Å². The van der Waals surface area contributed by atoms with Crippen LogP contribution in [0.15, 0.2) is 30.3 Å². The lowest BCUT2D eigenvalue weighted by Crippen LogP contribution is -2.28. The van der Waals surface area contributed by atoms with E-state index >= 15 is 0 Å². The van der Waals surface area contributed by atoms with Crippen molar-refractivity contribution in [2.75, 3.05) is 13.7 Å². The van der Waals surface area contributed by atoms with Crippen LogP contribution < -0.4 is 10.1 Å². The third-order valence-corrected chi connectivity index (χ3v) is 3.52. The molecule has 1 aliphatic carbocycles. The Labute approximate surface area is 130 Å². The Balaban J connectivity index is 1.87. The molecule has 0 atom stereocenters. The highest BCUT2D eigenvalue weighted by Crippen LogP contribution is 2.24. The molecule has 0 spiro atoms. The summed E-state index contributed by atoms with van der Waals surface area (Å²) in [5, 5.41) is 2.45. The number of benzene rings is 1. The van der Waals surface area contributed by atoms with Gasteiger partial charge in [0.15, 0.2) is 0 Å². The minimum absolute atomic E-state index is 0.134. The fraction of sp³-hybridized carbons (Fsp3) is 0.412. The van der Waals surface area contributed by atoms with E-state index in [4.69, 9.17) is 4.74 Å². The van der Waals surface area contributed by atoms with Crippen LogP contribution in [-0.2, 0) is 14.3 Å². The van der Waals surface area contributed by atoms with E-state index in [0.29, 0.717) is 6.10 Å². The minimum Gasteiger partial charge on any atom is -0.490 e. The van der Waals surface area contributed by atoms with Gasteiger partial charge in [0.25, 0.3) is 0 Å². The second-order valence-electron chi connectivity index (χ2n) is 5.22. The zero-order valence-corrected chi connectivity index (χ0v) is 12.7. The van der Waals surface area contributed by atoms with E-state index in [2.05, 4.69) is 10.1 Å². The van der Waals surface area contributed by atoms with Crippen LogP contribution in [0.4, 0.5) is 0 Å². The van der Waals surface area contributed by atoms with E-state index in [-0.39, 0.29) is 12.5 Å². The van der Waals surface area contributed by atoms with Crippen molar-refractivity contribution in [3.63, 3.8) is 0 Å². The Bertz CT molecular complexity index is 547. The van der Waals surface area contributed by atoms with Crippen molar-refractivity contribution in [2.24, 2.45) is 0 Å². The van der Waals surface area contributed by atoms with Gasteiger partial charge >= 0.3 is 5.97 Å². The molecule has 1 aliphatic rings. The fourth-order valence-corrected chi connectivity index (χ4v) is 2.35. The van der Waals surface area contributed by atoms with Crippen LogP contribution in [0.1, 0.15) is 31.2 Å². The summed E-state index contributed by atoms with van der Waals surface area (Å²) in [5.74, 6) is 0.00486. The number of hydrogen-bond donors (Lipinski definition) is 1. The molecule has 1 amide bonds. The van der Waals surface area contributed by atoms with Crippen molar-refractivity contribution in [3.8, 4) is 5.75 Å². The molecule has 5 nitrogen and oxygen atoms in total. The number of methoxy groups -OCH3 is 1. The zero-order chi connectivity index (χ0) is 15.8. The van der Waals surface area contributed by atoms with Gasteiger partial charge in [0, 0.05) is 6.08 Å². The monoisotopic (exact) mass is 303 g/mol. The molecule has 0 aliphatic heterocycles. The maximum atomic E-state index is 11.6. The summed E-state index contributed by atoms with van der Waals surface area (Å²) in [7, 11) is 1.28. The van der Waals surface area contributed by atoms with E-state index in [1.807, 2.05) is 24.3 Å². The molecule has 2 rings (SSSR count). The van der Waals surface area contributed by atoms with Crippen LogP contribution in [0.5, 0.6) is 5.75 Å². The van der Waals surface area contributed by atoms with E-state index in [9.17, 15) is 9.59 Å². The first-order chi connectivity index (χ1) is 10.7. The highest BCUT2D eigenvalue weighted by atomic mass is 16.5. The van der Waals surface area contributed by atoms with Gasteiger partial charge in [-0.2, -0.15) is 0 Å². The molecular weight excluding hydrogens is 282 g/mol. The molecule has 22 heavy (non-hydrogen) atoms. The van der Waals surface area contributed by atoms with Crippen LogP contribution in [0.2, 0.25) is 0 Å². The largest absolute Gasteiger partial charge is 0.490 e. The van der Waals surface area contributed by atoms with Gasteiger partial charge in [0.2, 0.25) is 5.91 Å². The average molecular weight is 303 g/mol. The number of ether oxygens (including phenoxy) is 2. The molecule has 0 heterocycles. The first-order valence-corrected chi connectivity index (χ1v) is 7.47. The molecule has 0 bridgehead atoms. The maximum absolute atomic E-state index is 11.6.